The first-order chi connectivity index (χ1) is 38.3. The van der Waals surface area contributed by atoms with Crippen molar-refractivity contribution < 1.29 is 38.5 Å². The van der Waals surface area contributed by atoms with Crippen LogP contribution in [-0.4, -0.2) is 146 Å². The number of nitrogens with zero attached hydrogens (tertiary/aromatic N) is 10. The number of thiazole rings is 1. The highest BCUT2D eigenvalue weighted by Crippen LogP contribution is 2.41. The number of aryl methyl sites for hydroxylation is 1. The number of para-hydroxylation sites is 1. The van der Waals surface area contributed by atoms with Gasteiger partial charge >= 0.3 is 0 Å². The topological polar surface area (TPSA) is 255 Å². The van der Waals surface area contributed by atoms with Gasteiger partial charge in [-0.1, -0.05) is 38.1 Å². The molecule has 21 heteroatoms. The van der Waals surface area contributed by atoms with Crippen molar-refractivity contribution in [3.8, 4) is 45.3 Å². The second kappa shape index (κ2) is 23.1. The van der Waals surface area contributed by atoms with Gasteiger partial charge in [-0.05, 0) is 92.1 Å². The molecule has 0 spiro atoms. The van der Waals surface area contributed by atoms with Crippen LogP contribution in [0.2, 0.25) is 0 Å². The maximum Gasteiger partial charge on any atom is 0.254 e. The number of anilines is 3. The number of amides is 2. The Balaban J connectivity index is 0.607. The number of β-amino-alcohol motifs (C(OH)–C–C–N with tert-alkyl or cyclic N) is 1. The van der Waals surface area contributed by atoms with Gasteiger partial charge < -0.3 is 54.7 Å². The van der Waals surface area contributed by atoms with Gasteiger partial charge in [0.25, 0.3) is 5.88 Å². The highest BCUT2D eigenvalue weighted by molar-refractivity contribution is 7.13. The van der Waals surface area contributed by atoms with Crippen LogP contribution in [0.4, 0.5) is 17.2 Å². The van der Waals surface area contributed by atoms with Crippen LogP contribution < -0.4 is 30.3 Å². The zero-order valence-corrected chi connectivity index (χ0v) is 45.8. The molecule has 414 valence electrons. The number of hydrogen-bond donors (Lipinski definition) is 4. The van der Waals surface area contributed by atoms with Crippen LogP contribution in [0.3, 0.4) is 0 Å². The van der Waals surface area contributed by atoms with E-state index < -0.39 is 30.0 Å². The summed E-state index contributed by atoms with van der Waals surface area (Å²) in [6.45, 7) is 11.9. The largest absolute Gasteiger partial charge is 0.507 e. The molecule has 20 nitrogen and oxygen atoms in total. The molecule has 5 aliphatic rings. The van der Waals surface area contributed by atoms with Crippen molar-refractivity contribution in [2.75, 3.05) is 61.4 Å². The maximum atomic E-state index is 14.3. The molecule has 2 bridgehead atoms. The summed E-state index contributed by atoms with van der Waals surface area (Å²) in [6.07, 6.45) is 7.01. The van der Waals surface area contributed by atoms with E-state index in [4.69, 9.17) is 24.5 Å². The van der Waals surface area contributed by atoms with Gasteiger partial charge in [-0.2, -0.15) is 5.26 Å². The quantitative estimate of drug-likeness (QED) is 0.0674. The molecule has 8 heterocycles. The second-order valence-electron chi connectivity index (χ2n) is 22.0. The molecule has 1 aliphatic carbocycles. The number of ether oxygens (including phenoxy) is 3. The van der Waals surface area contributed by atoms with Crippen molar-refractivity contribution in [3.05, 3.63) is 101 Å². The predicted octanol–water partition coefficient (Wildman–Crippen LogP) is 7.02. The lowest BCUT2D eigenvalue weighted by Crippen LogP contribution is -2.54. The number of carbonyl (C=O) groups is 2. The number of nitrogens with one attached hydrogen (secondary N) is 1. The molecule has 1 saturated carbocycles. The molecule has 79 heavy (non-hydrogen) atoms. The van der Waals surface area contributed by atoms with Crippen LogP contribution >= 0.6 is 11.3 Å². The number of phenolic OH excluding ortho intramolecular Hbond substituents is 1. The molecule has 4 aromatic heterocycles. The number of piperidine rings is 1. The molecule has 2 aromatic carbocycles. The summed E-state index contributed by atoms with van der Waals surface area (Å²) in [6, 6.07) is 21.8. The molecule has 5 N–H and O–H groups in total. The number of benzene rings is 2. The lowest BCUT2D eigenvalue weighted by atomic mass is 9.91. The number of nitriles is 1. The standard InChI is InChI=1S/C58H68N12O8S/c1-33(2)54(58(74)69-31-41(71)23-49(69)57(73)63-34(3)45-12-9-36(21-37(45)28-59)55-35(4)62-32-79-55)51-27-53(66-78-51)75-20-19-67-17-14-42(15-18-67)76-43-24-44(25-43)77-52-22-38(13-16-61-52)70-39-10-11-40(70)30-68(29-39)48-26-47(64-65-56(48)60)46-7-5-6-8-50(46)72/h5-9,12-13,16,21-22,26-27,32-34,39-44,49,54,71-72H,10-11,14-15,17-20,23-25,29-31H2,1-4H3,(H2,60,65)(H,63,73)/t34-,39?,40?,41+,43-,44-,49-,54+/m0/s1. The first-order valence-electron chi connectivity index (χ1n) is 27.5. The number of rotatable bonds is 18. The zero-order chi connectivity index (χ0) is 54.9. The number of carbonyl (C=O) groups excluding carboxylic acids is 2. The Morgan fingerprint density at radius 2 is 1.71 bits per heavy atom. The summed E-state index contributed by atoms with van der Waals surface area (Å²) < 4.78 is 24.7. The summed E-state index contributed by atoms with van der Waals surface area (Å²) >= 11 is 1.50. The number of phenols is 1. The highest BCUT2D eigenvalue weighted by Gasteiger charge is 2.45. The Morgan fingerprint density at radius 3 is 2.44 bits per heavy atom. The van der Waals surface area contributed by atoms with Gasteiger partial charge in [0.15, 0.2) is 11.6 Å². The Kier molecular flexibility index (Phi) is 15.7. The Bertz CT molecular complexity index is 3170. The van der Waals surface area contributed by atoms with Crippen LogP contribution in [0.15, 0.2) is 83.0 Å². The minimum Gasteiger partial charge on any atom is -0.507 e. The average Bonchev–Trinajstić information content (AvgIpc) is 4.45. The van der Waals surface area contributed by atoms with Crippen molar-refractivity contribution in [1.29, 1.82) is 5.26 Å². The number of hydrogen-bond acceptors (Lipinski definition) is 19. The summed E-state index contributed by atoms with van der Waals surface area (Å²) in [4.78, 5) is 46.7. The van der Waals surface area contributed by atoms with E-state index in [9.17, 15) is 25.1 Å². The number of aromatic nitrogens is 5. The molecule has 6 atom stereocenters. The number of likely N-dealkylation sites (tertiary alicyclic amines) is 2. The van der Waals surface area contributed by atoms with Gasteiger partial charge in [0.1, 0.15) is 30.4 Å². The molecule has 2 amide bonds. The lowest BCUT2D eigenvalue weighted by molar-refractivity contribution is -0.141. The molecule has 11 rings (SSSR count). The van der Waals surface area contributed by atoms with Crippen molar-refractivity contribution in [3.63, 3.8) is 0 Å². The van der Waals surface area contributed by atoms with Crippen LogP contribution in [0.25, 0.3) is 21.7 Å². The van der Waals surface area contributed by atoms with Crippen molar-refractivity contribution in [1.82, 2.24) is 40.4 Å². The summed E-state index contributed by atoms with van der Waals surface area (Å²) in [5.41, 5.74) is 14.2. The van der Waals surface area contributed by atoms with E-state index in [1.165, 1.54) is 16.2 Å². The first-order valence-corrected chi connectivity index (χ1v) is 28.4. The number of nitrogen functional groups attached to an aromatic ring is 1. The molecule has 4 aliphatic heterocycles. The van der Waals surface area contributed by atoms with E-state index in [0.29, 0.717) is 53.0 Å². The number of aliphatic hydroxyl groups excluding tert-OH is 1. The van der Waals surface area contributed by atoms with Crippen LogP contribution in [-0.2, 0) is 14.3 Å². The van der Waals surface area contributed by atoms with Gasteiger partial charge in [-0.25, -0.2) is 9.97 Å². The summed E-state index contributed by atoms with van der Waals surface area (Å²) in [7, 11) is 0. The third kappa shape index (κ3) is 11.6. The third-order valence-corrected chi connectivity index (χ3v) is 17.3. The number of nitrogens with two attached hydrogens (primary N) is 1. The normalized spacial score (nSPS) is 23.1. The zero-order valence-electron chi connectivity index (χ0n) is 45.0. The van der Waals surface area contributed by atoms with E-state index in [0.717, 1.165) is 92.2 Å². The third-order valence-electron chi connectivity index (χ3n) is 16.4. The van der Waals surface area contributed by atoms with Gasteiger partial charge in [0.05, 0.1) is 63.4 Å². The fraction of sp³-hybridized carbons (Fsp3) is 0.483. The summed E-state index contributed by atoms with van der Waals surface area (Å²) in [5, 5.41) is 47.0. The average molecular weight is 1090 g/mol. The van der Waals surface area contributed by atoms with Crippen molar-refractivity contribution >= 4 is 40.3 Å². The van der Waals surface area contributed by atoms with Crippen molar-refractivity contribution in [2.24, 2.45) is 5.92 Å². The van der Waals surface area contributed by atoms with Gasteiger partial charge in [-0.3, -0.25) is 14.5 Å². The molecule has 5 fully saturated rings. The van der Waals surface area contributed by atoms with Gasteiger partial charge in [0.2, 0.25) is 17.7 Å². The number of fused-ring (bicyclic) bond motifs is 2. The molecule has 2 unspecified atom stereocenters. The van der Waals surface area contributed by atoms with Gasteiger partial charge in [-0.15, -0.1) is 21.5 Å². The van der Waals surface area contributed by atoms with Gasteiger partial charge in [0, 0.05) is 100 Å². The van der Waals surface area contributed by atoms with Crippen LogP contribution in [0.1, 0.15) is 100 Å². The Hall–Kier alpha value is -7.38. The van der Waals surface area contributed by atoms with Crippen LogP contribution in [0, 0.1) is 24.2 Å². The predicted molar refractivity (Wildman–Crippen MR) is 297 cm³/mol. The molecule has 4 saturated heterocycles. The minimum atomic E-state index is -0.917. The first kappa shape index (κ1) is 53.6. The van der Waals surface area contributed by atoms with E-state index in [2.05, 4.69) is 63.5 Å². The van der Waals surface area contributed by atoms with E-state index >= 15 is 0 Å². The molecular weight excluding hydrogens is 1020 g/mol. The SMILES string of the molecule is Cc1ncsc1-c1ccc([C@H](C)NC(=O)[C@@H]2C[C@@H](O)CN2C(=O)[C@@H](c2cc(OCCN3CCC(O[C@H]4C[C@H](Oc5cc(N6C7CCC6CN(c6cc(-c8ccccc8O)nnc6N)C7)ccn5)C4)CC3)no2)C(C)C)c(C#N)c1. The smallest absolute Gasteiger partial charge is 0.254 e. The van der Waals surface area contributed by atoms with Crippen LogP contribution in [0.5, 0.6) is 17.5 Å². The monoisotopic (exact) mass is 1090 g/mol. The number of aliphatic hydroxyl groups is 1. The fourth-order valence-corrected chi connectivity index (χ4v) is 13.0. The van der Waals surface area contributed by atoms with E-state index in [1.807, 2.05) is 57.3 Å². The maximum absolute atomic E-state index is 14.3. The Morgan fingerprint density at radius 1 is 0.924 bits per heavy atom. The lowest BCUT2D eigenvalue weighted by Gasteiger charge is -2.43. The molecule has 6 aromatic rings. The number of pyridine rings is 1. The van der Waals surface area contributed by atoms with Crippen molar-refractivity contribution in [2.45, 2.75) is 127 Å². The highest BCUT2D eigenvalue weighted by atomic mass is 32.1. The second-order valence-corrected chi connectivity index (χ2v) is 22.9. The minimum absolute atomic E-state index is 0.000703. The van der Waals surface area contributed by atoms with E-state index in [1.54, 1.807) is 36.7 Å². The molecule has 0 radical (unpaired) electrons. The number of piperazine rings is 1. The summed E-state index contributed by atoms with van der Waals surface area (Å²) in [5.74, 6) is 0.0346. The molecular formula is C58H68N12O8S. The van der Waals surface area contributed by atoms with E-state index in [-0.39, 0.29) is 66.8 Å². The number of aromatic hydroxyl groups is 1. The fourth-order valence-electron chi connectivity index (χ4n) is 12.2. The Labute approximate surface area is 463 Å².